The fourth-order valence-corrected chi connectivity index (χ4v) is 9.90. The number of nitrogens with zero attached hydrogens (tertiary/aromatic N) is 7. The van der Waals surface area contributed by atoms with E-state index >= 15 is 4.39 Å². The Balaban J connectivity index is 0.731. The molecule has 1 aromatic heterocycles. The average molecular weight is 809 g/mol. The summed E-state index contributed by atoms with van der Waals surface area (Å²) in [6.07, 6.45) is 5.75. The molecule has 4 fully saturated rings. The number of hydrogen-bond acceptors (Lipinski definition) is 9. The van der Waals surface area contributed by atoms with Gasteiger partial charge in [-0.2, -0.15) is 0 Å². The molecule has 4 amide bonds. The molecule has 1 unspecified atom stereocenters. The fraction of sp³-hybridized carbons (Fsp3) is 0.488. The SMILES string of the molecule is [C-]#[N+]c1ccc(OC2CCC(N3Cc4nc(N5CCN(CC6CCN(c7cc8c(cc7F)C(=O)N(C7CCC(=O)NC7=O)C8)CC6)CC5)ccc4C3=O)CC2)cc1Cl. The van der Waals surface area contributed by atoms with Crippen LogP contribution < -0.4 is 19.9 Å². The van der Waals surface area contributed by atoms with Gasteiger partial charge in [0.25, 0.3) is 11.8 Å². The first kappa shape index (κ1) is 38.3. The van der Waals surface area contributed by atoms with Gasteiger partial charge in [0.1, 0.15) is 23.4 Å². The lowest BCUT2D eigenvalue weighted by Crippen LogP contribution is -2.52. The minimum atomic E-state index is -0.725. The lowest BCUT2D eigenvalue weighted by atomic mass is 9.92. The van der Waals surface area contributed by atoms with Gasteiger partial charge in [0.2, 0.25) is 17.5 Å². The van der Waals surface area contributed by atoms with E-state index in [0.29, 0.717) is 51.3 Å². The summed E-state index contributed by atoms with van der Waals surface area (Å²) >= 11 is 6.20. The van der Waals surface area contributed by atoms with Gasteiger partial charge in [-0.25, -0.2) is 14.2 Å². The zero-order chi connectivity index (χ0) is 40.1. The Morgan fingerprint density at radius 1 is 0.828 bits per heavy atom. The standard InChI is InChI=1S/C43H46ClFN8O5/c1-46-35-8-6-30(21-33(35)44)58-29-4-2-28(3-5-29)52-25-36-31(42(52)56)7-10-39(47-36)51-18-16-49(17-19-51)23-26-12-14-50(15-13-26)38-20-27-24-53(43(57)32(27)22-34(38)45)37-9-11-40(54)48-41(37)55/h6-8,10,20-22,26,28-29,37H,2-5,9,11-19,23-25H2,(H,48,54,55). The molecule has 1 aliphatic carbocycles. The van der Waals surface area contributed by atoms with Gasteiger partial charge in [-0.1, -0.05) is 17.7 Å². The molecule has 3 aromatic rings. The maximum Gasteiger partial charge on any atom is 0.256 e. The summed E-state index contributed by atoms with van der Waals surface area (Å²) in [5, 5.41) is 2.71. The fourth-order valence-electron chi connectivity index (χ4n) is 9.68. The lowest BCUT2D eigenvalue weighted by molar-refractivity contribution is -0.136. The van der Waals surface area contributed by atoms with E-state index in [9.17, 15) is 19.2 Å². The van der Waals surface area contributed by atoms with Crippen molar-refractivity contribution in [3.8, 4) is 5.75 Å². The minimum Gasteiger partial charge on any atom is -0.490 e. The van der Waals surface area contributed by atoms with Gasteiger partial charge in [0.15, 0.2) is 0 Å². The number of halogens is 2. The number of ether oxygens (including phenoxy) is 1. The topological polar surface area (TPSA) is 123 Å². The van der Waals surface area contributed by atoms with Crippen molar-refractivity contribution in [1.29, 1.82) is 0 Å². The van der Waals surface area contributed by atoms with Gasteiger partial charge in [-0.15, -0.1) is 0 Å². The summed E-state index contributed by atoms with van der Waals surface area (Å²) in [6, 6.07) is 11.6. The van der Waals surface area contributed by atoms with Crippen molar-refractivity contribution in [2.75, 3.05) is 55.6 Å². The number of nitrogens with one attached hydrogen (secondary N) is 1. The molecule has 3 saturated heterocycles. The number of aromatic nitrogens is 1. The Hall–Kier alpha value is -5.26. The van der Waals surface area contributed by atoms with Crippen LogP contribution in [-0.4, -0.2) is 107 Å². The third-order valence-corrected chi connectivity index (χ3v) is 13.3. The number of carbonyl (C=O) groups is 4. The highest BCUT2D eigenvalue weighted by atomic mass is 35.5. The number of anilines is 2. The summed E-state index contributed by atoms with van der Waals surface area (Å²) in [5.74, 6) is 0.533. The van der Waals surface area contributed by atoms with Crippen LogP contribution in [0.3, 0.4) is 0 Å². The second-order valence-electron chi connectivity index (χ2n) is 16.4. The molecule has 1 atom stereocenters. The van der Waals surface area contributed by atoms with E-state index in [2.05, 4.69) is 24.9 Å². The molecule has 9 rings (SSSR count). The van der Waals surface area contributed by atoms with Crippen LogP contribution in [0.5, 0.6) is 5.75 Å². The highest BCUT2D eigenvalue weighted by Crippen LogP contribution is 2.37. The highest BCUT2D eigenvalue weighted by Gasteiger charge is 2.41. The number of fused-ring (bicyclic) bond motifs is 2. The van der Waals surface area contributed by atoms with Crippen LogP contribution in [-0.2, 0) is 22.7 Å². The number of imide groups is 1. The summed E-state index contributed by atoms with van der Waals surface area (Å²) < 4.78 is 21.6. The van der Waals surface area contributed by atoms with Crippen LogP contribution in [0.25, 0.3) is 4.85 Å². The van der Waals surface area contributed by atoms with Crippen molar-refractivity contribution in [3.05, 3.63) is 87.1 Å². The first-order valence-electron chi connectivity index (χ1n) is 20.5. The number of carbonyl (C=O) groups excluding carboxylic acids is 4. The van der Waals surface area contributed by atoms with Crippen molar-refractivity contribution in [3.63, 3.8) is 0 Å². The van der Waals surface area contributed by atoms with Crippen molar-refractivity contribution in [1.82, 2.24) is 25.0 Å². The average Bonchev–Trinajstić information content (AvgIpc) is 3.73. The first-order chi connectivity index (χ1) is 28.1. The Morgan fingerprint density at radius 3 is 2.31 bits per heavy atom. The number of piperidine rings is 2. The lowest BCUT2D eigenvalue weighted by Gasteiger charge is -2.39. The van der Waals surface area contributed by atoms with Gasteiger partial charge in [0.05, 0.1) is 41.2 Å². The molecular formula is C43H46ClFN8O5. The molecule has 13 nitrogen and oxygen atoms in total. The maximum absolute atomic E-state index is 15.5. The summed E-state index contributed by atoms with van der Waals surface area (Å²) in [7, 11) is 0. The maximum atomic E-state index is 15.5. The van der Waals surface area contributed by atoms with E-state index in [0.717, 1.165) is 95.9 Å². The predicted octanol–water partition coefficient (Wildman–Crippen LogP) is 5.57. The Labute approximate surface area is 341 Å². The molecule has 0 spiro atoms. The van der Waals surface area contributed by atoms with Crippen LogP contribution in [0.4, 0.5) is 21.6 Å². The number of piperazine rings is 1. The number of pyridine rings is 1. The molecule has 58 heavy (non-hydrogen) atoms. The molecule has 6 heterocycles. The molecule has 1 N–H and O–H groups in total. The van der Waals surface area contributed by atoms with Crippen LogP contribution in [0.1, 0.15) is 83.3 Å². The van der Waals surface area contributed by atoms with Crippen molar-refractivity contribution in [2.45, 2.75) is 82.6 Å². The molecule has 6 aliphatic rings. The second kappa shape index (κ2) is 15.8. The molecule has 2 aromatic carbocycles. The van der Waals surface area contributed by atoms with Crippen LogP contribution >= 0.6 is 11.6 Å². The number of hydrogen-bond donors (Lipinski definition) is 1. The van der Waals surface area contributed by atoms with Gasteiger partial charge < -0.3 is 24.3 Å². The molecule has 0 bridgehead atoms. The van der Waals surface area contributed by atoms with Gasteiger partial charge in [0, 0.05) is 70.4 Å². The minimum absolute atomic E-state index is 0.0411. The summed E-state index contributed by atoms with van der Waals surface area (Å²) in [4.78, 5) is 69.4. The zero-order valence-electron chi connectivity index (χ0n) is 32.3. The second-order valence-corrected chi connectivity index (χ2v) is 16.9. The first-order valence-corrected chi connectivity index (χ1v) is 20.8. The van der Waals surface area contributed by atoms with Crippen LogP contribution in [0, 0.1) is 18.3 Å². The third kappa shape index (κ3) is 7.46. The largest absolute Gasteiger partial charge is 0.490 e. The normalized spacial score (nSPS) is 24.2. The molecule has 0 radical (unpaired) electrons. The number of rotatable bonds is 8. The van der Waals surface area contributed by atoms with E-state index in [1.165, 1.54) is 11.0 Å². The Morgan fingerprint density at radius 2 is 1.59 bits per heavy atom. The number of benzene rings is 2. The van der Waals surface area contributed by atoms with E-state index in [1.54, 1.807) is 24.3 Å². The van der Waals surface area contributed by atoms with E-state index < -0.39 is 17.8 Å². The summed E-state index contributed by atoms with van der Waals surface area (Å²) in [5.41, 5.74) is 3.46. The van der Waals surface area contributed by atoms with Crippen LogP contribution in [0.15, 0.2) is 42.5 Å². The van der Waals surface area contributed by atoms with Crippen molar-refractivity contribution in [2.24, 2.45) is 5.92 Å². The van der Waals surface area contributed by atoms with Gasteiger partial charge >= 0.3 is 0 Å². The molecule has 5 aliphatic heterocycles. The van der Waals surface area contributed by atoms with Crippen molar-refractivity contribution >= 4 is 52.4 Å². The molecule has 15 heteroatoms. The zero-order valence-corrected chi connectivity index (χ0v) is 33.1. The van der Waals surface area contributed by atoms with Gasteiger partial charge in [-0.05, 0) is 92.8 Å². The van der Waals surface area contributed by atoms with E-state index in [4.69, 9.17) is 27.9 Å². The Bertz CT molecular complexity index is 2190. The van der Waals surface area contributed by atoms with E-state index in [-0.39, 0.29) is 49.3 Å². The van der Waals surface area contributed by atoms with E-state index in [1.807, 2.05) is 17.0 Å². The number of amides is 4. The predicted molar refractivity (Wildman–Crippen MR) is 215 cm³/mol. The molecule has 302 valence electrons. The highest BCUT2D eigenvalue weighted by molar-refractivity contribution is 6.33. The summed E-state index contributed by atoms with van der Waals surface area (Å²) in [6.45, 7) is 13.9. The molecular weight excluding hydrogens is 763 g/mol. The monoisotopic (exact) mass is 808 g/mol. The third-order valence-electron chi connectivity index (χ3n) is 13.0. The van der Waals surface area contributed by atoms with Crippen LogP contribution in [0.2, 0.25) is 5.02 Å². The smallest absolute Gasteiger partial charge is 0.256 e. The Kier molecular flexibility index (Phi) is 10.4. The quantitative estimate of drug-likeness (QED) is 0.230. The van der Waals surface area contributed by atoms with Gasteiger partial charge in [-0.3, -0.25) is 29.4 Å². The molecule has 1 saturated carbocycles. The van der Waals surface area contributed by atoms with Crippen molar-refractivity contribution < 1.29 is 28.3 Å².